The molecule has 4 rings (SSSR count). The number of alkyl halides is 3. The van der Waals surface area contributed by atoms with E-state index in [0.717, 1.165) is 24.8 Å². The topological polar surface area (TPSA) is 85.8 Å². The summed E-state index contributed by atoms with van der Waals surface area (Å²) in [7, 11) is 0. The van der Waals surface area contributed by atoms with Gasteiger partial charge in [-0.25, -0.2) is 4.79 Å². The zero-order valence-corrected chi connectivity index (χ0v) is 18.8. The molecule has 2 saturated heterocycles. The van der Waals surface area contributed by atoms with Gasteiger partial charge >= 0.3 is 12.1 Å². The van der Waals surface area contributed by atoms with Crippen LogP contribution >= 0.6 is 0 Å². The van der Waals surface area contributed by atoms with Crippen LogP contribution in [0.5, 0.6) is 0 Å². The van der Waals surface area contributed by atoms with Crippen molar-refractivity contribution in [3.05, 3.63) is 54.4 Å². The maximum Gasteiger partial charge on any atom is 0.490 e. The minimum Gasteiger partial charge on any atom is -0.475 e. The van der Waals surface area contributed by atoms with Gasteiger partial charge in [0.25, 0.3) is 5.91 Å². The van der Waals surface area contributed by atoms with Gasteiger partial charge < -0.3 is 20.2 Å². The van der Waals surface area contributed by atoms with Crippen molar-refractivity contribution in [1.82, 2.24) is 9.88 Å². The summed E-state index contributed by atoms with van der Waals surface area (Å²) in [5.41, 5.74) is 2.66. The maximum atomic E-state index is 12.4. The van der Waals surface area contributed by atoms with Crippen LogP contribution in [0.1, 0.15) is 42.5 Å². The van der Waals surface area contributed by atoms with Gasteiger partial charge in [-0.3, -0.25) is 9.78 Å². The van der Waals surface area contributed by atoms with Gasteiger partial charge in [0, 0.05) is 48.5 Å². The highest BCUT2D eigenvalue weighted by atomic mass is 19.4. The van der Waals surface area contributed by atoms with E-state index in [4.69, 9.17) is 9.90 Å². The molecule has 0 atom stereocenters. The molecule has 0 bridgehead atoms. The van der Waals surface area contributed by atoms with Crippen LogP contribution in [0.4, 0.5) is 24.5 Å². The number of anilines is 2. The molecule has 10 heteroatoms. The highest BCUT2D eigenvalue weighted by Gasteiger charge is 2.38. The zero-order chi connectivity index (χ0) is 24.6. The van der Waals surface area contributed by atoms with Crippen LogP contribution in [0, 0.1) is 0 Å². The second kappa shape index (κ2) is 11.8. The van der Waals surface area contributed by atoms with Crippen LogP contribution in [0.15, 0.2) is 48.8 Å². The fourth-order valence-corrected chi connectivity index (χ4v) is 4.23. The van der Waals surface area contributed by atoms with Crippen LogP contribution < -0.4 is 10.2 Å². The van der Waals surface area contributed by atoms with E-state index in [1.54, 1.807) is 24.5 Å². The number of piperidine rings is 2. The SMILES string of the molecule is O=C(Nc1ccncc1)c1ccc(N2CCC(N3CCCCC3)CC2)cc1.O=C(O)C(F)(F)F. The van der Waals surface area contributed by atoms with Gasteiger partial charge in [-0.05, 0) is 75.2 Å². The number of carbonyl (C=O) groups excluding carboxylic acids is 1. The third-order valence-corrected chi connectivity index (χ3v) is 6.05. The number of halogens is 3. The van der Waals surface area contributed by atoms with Gasteiger partial charge in [-0.15, -0.1) is 0 Å². The molecule has 34 heavy (non-hydrogen) atoms. The number of carboxylic acids is 1. The van der Waals surface area contributed by atoms with Crippen LogP contribution in [0.2, 0.25) is 0 Å². The summed E-state index contributed by atoms with van der Waals surface area (Å²) >= 11 is 0. The second-order valence-corrected chi connectivity index (χ2v) is 8.35. The van der Waals surface area contributed by atoms with Crippen LogP contribution in [0.25, 0.3) is 0 Å². The van der Waals surface area contributed by atoms with Gasteiger partial charge in [0.15, 0.2) is 0 Å². The van der Waals surface area contributed by atoms with Crippen molar-refractivity contribution in [2.75, 3.05) is 36.4 Å². The number of likely N-dealkylation sites (tertiary alicyclic amines) is 1. The van der Waals surface area contributed by atoms with E-state index in [-0.39, 0.29) is 5.91 Å². The average molecular weight is 479 g/mol. The van der Waals surface area contributed by atoms with E-state index < -0.39 is 12.1 Å². The van der Waals surface area contributed by atoms with Crippen LogP contribution in [-0.4, -0.2) is 65.3 Å². The van der Waals surface area contributed by atoms with Crippen LogP contribution in [-0.2, 0) is 4.79 Å². The molecule has 2 fully saturated rings. The molecule has 2 N–H and O–H groups in total. The summed E-state index contributed by atoms with van der Waals surface area (Å²) in [5.74, 6) is -2.84. The molecule has 0 saturated carbocycles. The smallest absolute Gasteiger partial charge is 0.475 e. The Morgan fingerprint density at radius 3 is 2.00 bits per heavy atom. The first-order valence-electron chi connectivity index (χ1n) is 11.3. The zero-order valence-electron chi connectivity index (χ0n) is 18.8. The third kappa shape index (κ3) is 7.44. The first-order chi connectivity index (χ1) is 16.2. The summed E-state index contributed by atoms with van der Waals surface area (Å²) < 4.78 is 31.7. The van der Waals surface area contributed by atoms with E-state index in [0.29, 0.717) is 5.56 Å². The van der Waals surface area contributed by atoms with Crippen molar-refractivity contribution < 1.29 is 27.9 Å². The summed E-state index contributed by atoms with van der Waals surface area (Å²) in [6.45, 7) is 4.77. The predicted octanol–water partition coefficient (Wildman–Crippen LogP) is 4.42. The van der Waals surface area contributed by atoms with E-state index >= 15 is 0 Å². The number of benzene rings is 1. The van der Waals surface area contributed by atoms with Crippen molar-refractivity contribution >= 4 is 23.3 Å². The highest BCUT2D eigenvalue weighted by molar-refractivity contribution is 6.04. The van der Waals surface area contributed by atoms with E-state index in [1.165, 1.54) is 50.9 Å². The van der Waals surface area contributed by atoms with E-state index in [1.807, 2.05) is 12.1 Å². The molecule has 7 nitrogen and oxygen atoms in total. The first kappa shape index (κ1) is 25.5. The van der Waals surface area contributed by atoms with Crippen molar-refractivity contribution in [3.8, 4) is 0 Å². The summed E-state index contributed by atoms with van der Waals surface area (Å²) in [5, 5.41) is 10.0. The van der Waals surface area contributed by atoms with Gasteiger partial charge in [-0.1, -0.05) is 6.42 Å². The fourth-order valence-electron chi connectivity index (χ4n) is 4.23. The third-order valence-electron chi connectivity index (χ3n) is 6.05. The number of rotatable bonds is 4. The first-order valence-corrected chi connectivity index (χ1v) is 11.3. The Hall–Kier alpha value is -3.14. The average Bonchev–Trinajstić information content (AvgIpc) is 2.85. The summed E-state index contributed by atoms with van der Waals surface area (Å²) in [4.78, 5) is 30.4. The molecule has 1 amide bonds. The number of amides is 1. The Kier molecular flexibility index (Phi) is 8.86. The molecule has 3 heterocycles. The monoisotopic (exact) mass is 478 g/mol. The molecular weight excluding hydrogens is 449 g/mol. The Balaban J connectivity index is 0.000000406. The number of pyridine rings is 1. The van der Waals surface area contributed by atoms with Crippen molar-refractivity contribution in [3.63, 3.8) is 0 Å². The number of aromatic nitrogens is 1. The number of carboxylic acid groups (broad SMARTS) is 1. The molecule has 0 unspecified atom stereocenters. The lowest BCUT2D eigenvalue weighted by atomic mass is 9.99. The number of nitrogens with zero attached hydrogens (tertiary/aromatic N) is 3. The number of nitrogens with one attached hydrogen (secondary N) is 1. The minimum absolute atomic E-state index is 0.0865. The molecule has 0 spiro atoms. The minimum atomic E-state index is -5.08. The summed E-state index contributed by atoms with van der Waals surface area (Å²) in [6, 6.07) is 12.3. The largest absolute Gasteiger partial charge is 0.490 e. The lowest BCUT2D eigenvalue weighted by Gasteiger charge is -2.41. The predicted molar refractivity (Wildman–Crippen MR) is 123 cm³/mol. The fraction of sp³-hybridized carbons (Fsp3) is 0.458. The van der Waals surface area contributed by atoms with Crippen molar-refractivity contribution in [1.29, 1.82) is 0 Å². The van der Waals surface area contributed by atoms with Gasteiger partial charge in [-0.2, -0.15) is 13.2 Å². The van der Waals surface area contributed by atoms with Gasteiger partial charge in [0.1, 0.15) is 0 Å². The quantitative estimate of drug-likeness (QED) is 0.677. The molecular formula is C24H29F3N4O3. The van der Waals surface area contributed by atoms with Gasteiger partial charge in [0.2, 0.25) is 0 Å². The molecule has 1 aromatic carbocycles. The Morgan fingerprint density at radius 1 is 0.912 bits per heavy atom. The molecule has 2 aliphatic heterocycles. The van der Waals surface area contributed by atoms with Crippen molar-refractivity contribution in [2.24, 2.45) is 0 Å². The number of hydrogen-bond acceptors (Lipinski definition) is 5. The molecule has 0 radical (unpaired) electrons. The standard InChI is InChI=1S/C22H28N4O.C2HF3O2/c27-22(24-19-8-12-23-13-9-19)18-4-6-20(7-5-18)26-16-10-21(11-17-26)25-14-2-1-3-15-25;3-2(4,5)1(6)7/h4-9,12-13,21H,1-3,10-11,14-17H2,(H,23,24,27);(H,6,7). The molecule has 184 valence electrons. The Morgan fingerprint density at radius 2 is 1.47 bits per heavy atom. The molecule has 0 aliphatic carbocycles. The lowest BCUT2D eigenvalue weighted by Crippen LogP contribution is -2.46. The lowest BCUT2D eigenvalue weighted by molar-refractivity contribution is -0.192. The Bertz CT molecular complexity index is 925. The molecule has 2 aromatic rings. The summed E-state index contributed by atoms with van der Waals surface area (Å²) in [6.07, 6.45) is 4.87. The highest BCUT2D eigenvalue weighted by Crippen LogP contribution is 2.25. The number of aliphatic carboxylic acids is 1. The van der Waals surface area contributed by atoms with E-state index in [2.05, 4.69) is 32.2 Å². The number of carbonyl (C=O) groups is 2. The maximum absolute atomic E-state index is 12.4. The number of hydrogen-bond donors (Lipinski definition) is 2. The molecule has 2 aliphatic rings. The van der Waals surface area contributed by atoms with Crippen molar-refractivity contribution in [2.45, 2.75) is 44.3 Å². The second-order valence-electron chi connectivity index (χ2n) is 8.35. The molecule has 1 aromatic heterocycles. The van der Waals surface area contributed by atoms with E-state index in [9.17, 15) is 18.0 Å². The van der Waals surface area contributed by atoms with Crippen LogP contribution in [0.3, 0.4) is 0 Å². The normalized spacial score (nSPS) is 17.4. The van der Waals surface area contributed by atoms with Gasteiger partial charge in [0.05, 0.1) is 0 Å². The Labute approximate surface area is 196 Å².